The molecular weight excluding hydrogens is 481 g/mol. The molecule has 1 aromatic heterocycles. The number of nitrogens with one attached hydrogen (secondary N) is 2. The van der Waals surface area contributed by atoms with Gasteiger partial charge in [-0.1, -0.05) is 36.6 Å². The van der Waals surface area contributed by atoms with Gasteiger partial charge < -0.3 is 10.6 Å². The molecule has 3 aromatic rings. The zero-order valence-corrected chi connectivity index (χ0v) is 20.2. The first-order valence-electron chi connectivity index (χ1n) is 10.6. The van der Waals surface area contributed by atoms with Crippen LogP contribution < -0.4 is 10.6 Å². The van der Waals surface area contributed by atoms with Gasteiger partial charge in [-0.3, -0.25) is 9.59 Å². The monoisotopic (exact) mass is 503 g/mol. The van der Waals surface area contributed by atoms with Gasteiger partial charge in [0.05, 0.1) is 16.9 Å². The lowest BCUT2D eigenvalue weighted by Gasteiger charge is -2.27. The Kier molecular flexibility index (Phi) is 7.67. The van der Waals surface area contributed by atoms with E-state index in [4.69, 9.17) is 11.6 Å². The normalized spacial score (nSPS) is 14.7. The number of hydrogen-bond donors (Lipinski definition) is 2. The maximum atomic E-state index is 13.3. The van der Waals surface area contributed by atoms with Crippen molar-refractivity contribution in [1.29, 1.82) is 0 Å². The Morgan fingerprint density at radius 3 is 2.45 bits per heavy atom. The standard InChI is InChI=1S/C24H23ClFN3O2S2/c25-17-5-3-16(4-6-17)24(11-1-2-12-24)22(31)29-23-28-20(14-33-23)13-32-15-21(30)27-19-9-7-18(26)8-10-19/h3-10,14H,1-2,11-13,15H2,(H,27,30)(H,28,29,31). The summed E-state index contributed by atoms with van der Waals surface area (Å²) >= 11 is 8.84. The SMILES string of the molecule is O=C(CSCc1csc(NC(=O)C2(c3ccc(Cl)cc3)CCCC2)n1)Nc1ccc(F)cc1. The third-order valence-electron chi connectivity index (χ3n) is 5.67. The third kappa shape index (κ3) is 5.93. The lowest BCUT2D eigenvalue weighted by Crippen LogP contribution is -2.37. The van der Waals surface area contributed by atoms with Crippen molar-refractivity contribution >= 4 is 57.3 Å². The highest BCUT2D eigenvalue weighted by molar-refractivity contribution is 7.99. The molecule has 0 saturated heterocycles. The minimum Gasteiger partial charge on any atom is -0.325 e. The first kappa shape index (κ1) is 23.7. The Bertz CT molecular complexity index is 1110. The number of carbonyl (C=O) groups excluding carboxylic acids is 2. The fourth-order valence-corrected chi connectivity index (χ4v) is 5.67. The van der Waals surface area contributed by atoms with Crippen molar-refractivity contribution in [2.24, 2.45) is 0 Å². The topological polar surface area (TPSA) is 71.1 Å². The summed E-state index contributed by atoms with van der Waals surface area (Å²) in [6.45, 7) is 0. The largest absolute Gasteiger partial charge is 0.325 e. The Morgan fingerprint density at radius 2 is 1.76 bits per heavy atom. The Labute approximate surface area is 205 Å². The molecule has 1 fully saturated rings. The molecule has 4 rings (SSSR count). The van der Waals surface area contributed by atoms with Crippen LogP contribution in [-0.4, -0.2) is 22.6 Å². The van der Waals surface area contributed by atoms with Crippen molar-refractivity contribution in [2.75, 3.05) is 16.4 Å². The highest BCUT2D eigenvalue weighted by Crippen LogP contribution is 2.42. The van der Waals surface area contributed by atoms with E-state index in [2.05, 4.69) is 15.6 Å². The van der Waals surface area contributed by atoms with Crippen LogP contribution in [0.5, 0.6) is 0 Å². The van der Waals surface area contributed by atoms with E-state index >= 15 is 0 Å². The van der Waals surface area contributed by atoms with Crippen LogP contribution in [-0.2, 0) is 20.8 Å². The number of rotatable bonds is 8. The molecule has 33 heavy (non-hydrogen) atoms. The minimum atomic E-state index is -0.552. The third-order valence-corrected chi connectivity index (χ3v) is 7.70. The number of carbonyl (C=O) groups is 2. The van der Waals surface area contributed by atoms with Gasteiger partial charge in [0.1, 0.15) is 5.82 Å². The fraction of sp³-hybridized carbons (Fsp3) is 0.292. The highest BCUT2D eigenvalue weighted by Gasteiger charge is 2.42. The minimum absolute atomic E-state index is 0.0328. The van der Waals surface area contributed by atoms with Crippen molar-refractivity contribution in [3.05, 3.63) is 76.0 Å². The fourth-order valence-electron chi connectivity index (χ4n) is 4.02. The maximum Gasteiger partial charge on any atom is 0.236 e. The van der Waals surface area contributed by atoms with E-state index in [1.54, 1.807) is 0 Å². The summed E-state index contributed by atoms with van der Waals surface area (Å²) < 4.78 is 13.0. The molecule has 9 heteroatoms. The number of thioether (sulfide) groups is 1. The summed E-state index contributed by atoms with van der Waals surface area (Å²) in [5, 5.41) is 8.85. The van der Waals surface area contributed by atoms with Gasteiger partial charge in [0.25, 0.3) is 0 Å². The van der Waals surface area contributed by atoms with Crippen LogP contribution in [0.2, 0.25) is 5.02 Å². The van der Waals surface area contributed by atoms with Gasteiger partial charge in [-0.05, 0) is 54.8 Å². The molecule has 0 radical (unpaired) electrons. The van der Waals surface area contributed by atoms with Gasteiger partial charge in [0.2, 0.25) is 11.8 Å². The number of hydrogen-bond acceptors (Lipinski definition) is 5. The first-order chi connectivity index (χ1) is 15.9. The second-order valence-electron chi connectivity index (χ2n) is 7.94. The van der Waals surface area contributed by atoms with Crippen LogP contribution in [0.4, 0.5) is 15.2 Å². The predicted octanol–water partition coefficient (Wildman–Crippen LogP) is 6.26. The molecule has 0 spiro atoms. The van der Waals surface area contributed by atoms with E-state index < -0.39 is 5.41 Å². The molecule has 172 valence electrons. The van der Waals surface area contributed by atoms with E-state index in [1.807, 2.05) is 29.6 Å². The van der Waals surface area contributed by atoms with Crippen LogP contribution >= 0.6 is 34.7 Å². The number of aromatic nitrogens is 1. The van der Waals surface area contributed by atoms with E-state index in [1.165, 1.54) is 47.4 Å². The maximum absolute atomic E-state index is 13.3. The molecule has 1 saturated carbocycles. The van der Waals surface area contributed by atoms with Gasteiger partial charge in [-0.15, -0.1) is 23.1 Å². The van der Waals surface area contributed by atoms with E-state index in [9.17, 15) is 14.0 Å². The molecule has 0 unspecified atom stereocenters. The van der Waals surface area contributed by atoms with Gasteiger partial charge in [-0.2, -0.15) is 0 Å². The summed E-state index contributed by atoms with van der Waals surface area (Å²) in [7, 11) is 0. The van der Waals surface area contributed by atoms with Crippen molar-refractivity contribution in [3.8, 4) is 0 Å². The Hall–Kier alpha value is -2.42. The van der Waals surface area contributed by atoms with Crippen LogP contribution in [0.3, 0.4) is 0 Å². The summed E-state index contributed by atoms with van der Waals surface area (Å²) in [6, 6.07) is 13.2. The summed E-state index contributed by atoms with van der Waals surface area (Å²) in [5.74, 6) is 0.249. The molecule has 1 aliphatic rings. The molecule has 2 aromatic carbocycles. The Balaban J connectivity index is 1.30. The second kappa shape index (κ2) is 10.7. The smallest absolute Gasteiger partial charge is 0.236 e. The van der Waals surface area contributed by atoms with E-state index in [0.717, 1.165) is 36.9 Å². The van der Waals surface area contributed by atoms with E-state index in [0.29, 0.717) is 21.6 Å². The average Bonchev–Trinajstić information content (AvgIpc) is 3.46. The summed E-state index contributed by atoms with van der Waals surface area (Å²) in [5.41, 5.74) is 1.80. The van der Waals surface area contributed by atoms with Gasteiger partial charge in [0, 0.05) is 21.8 Å². The zero-order chi connectivity index (χ0) is 23.3. The number of halogens is 2. The Morgan fingerprint density at radius 1 is 1.06 bits per heavy atom. The molecule has 0 atom stereocenters. The molecule has 0 bridgehead atoms. The van der Waals surface area contributed by atoms with Crippen molar-refractivity contribution < 1.29 is 14.0 Å². The zero-order valence-electron chi connectivity index (χ0n) is 17.8. The molecule has 0 aliphatic heterocycles. The second-order valence-corrected chi connectivity index (χ2v) is 10.2. The number of benzene rings is 2. The molecule has 2 N–H and O–H groups in total. The van der Waals surface area contributed by atoms with Crippen molar-refractivity contribution in [3.63, 3.8) is 0 Å². The van der Waals surface area contributed by atoms with Crippen molar-refractivity contribution in [1.82, 2.24) is 4.98 Å². The summed E-state index contributed by atoms with van der Waals surface area (Å²) in [6.07, 6.45) is 3.63. The average molecular weight is 504 g/mol. The lowest BCUT2D eigenvalue weighted by molar-refractivity contribution is -0.121. The lowest BCUT2D eigenvalue weighted by atomic mass is 9.78. The molecule has 1 heterocycles. The van der Waals surface area contributed by atoms with Gasteiger partial charge in [-0.25, -0.2) is 9.37 Å². The van der Waals surface area contributed by atoms with Crippen LogP contribution in [0, 0.1) is 5.82 Å². The number of nitrogens with zero attached hydrogens (tertiary/aromatic N) is 1. The van der Waals surface area contributed by atoms with Crippen LogP contribution in [0.25, 0.3) is 0 Å². The van der Waals surface area contributed by atoms with Crippen molar-refractivity contribution in [2.45, 2.75) is 36.9 Å². The molecule has 2 amide bonds. The van der Waals surface area contributed by atoms with Gasteiger partial charge in [0.15, 0.2) is 5.13 Å². The number of anilines is 2. The van der Waals surface area contributed by atoms with Crippen LogP contribution in [0.15, 0.2) is 53.9 Å². The molecule has 5 nitrogen and oxygen atoms in total. The molecular formula is C24H23ClFN3O2S2. The number of amides is 2. The first-order valence-corrected chi connectivity index (χ1v) is 13.0. The van der Waals surface area contributed by atoms with Crippen LogP contribution in [0.1, 0.15) is 36.9 Å². The van der Waals surface area contributed by atoms with E-state index in [-0.39, 0.29) is 23.4 Å². The molecule has 1 aliphatic carbocycles. The predicted molar refractivity (Wildman–Crippen MR) is 134 cm³/mol. The highest BCUT2D eigenvalue weighted by atomic mass is 35.5. The van der Waals surface area contributed by atoms with Gasteiger partial charge >= 0.3 is 0 Å². The quantitative estimate of drug-likeness (QED) is 0.380. The summed E-state index contributed by atoms with van der Waals surface area (Å²) in [4.78, 5) is 29.9. The number of thiazole rings is 1.